The zero-order chi connectivity index (χ0) is 19.4. The van der Waals surface area contributed by atoms with E-state index in [0.717, 1.165) is 11.1 Å². The van der Waals surface area contributed by atoms with Crippen molar-refractivity contribution in [1.29, 1.82) is 0 Å². The molecule has 0 saturated carbocycles. The number of nitrogens with one attached hydrogen (secondary N) is 1. The van der Waals surface area contributed by atoms with Crippen molar-refractivity contribution in [3.8, 4) is 11.5 Å². The highest BCUT2D eigenvalue weighted by molar-refractivity contribution is 5.76. The van der Waals surface area contributed by atoms with E-state index in [9.17, 15) is 15.0 Å². The number of hydrogen-bond acceptors (Lipinski definition) is 3. The molecule has 0 radical (unpaired) electrons. The molecule has 0 aliphatic rings. The van der Waals surface area contributed by atoms with E-state index in [-0.39, 0.29) is 23.4 Å². The standard InChI is InChI=1S/C22H27NO3/c1-13(2)23-20(24)11-10-17-6-8-18(9-7-17)12-19-16(5)21(25)14(3)15(4)22(19)26/h6-9,12-13,25-26H,3,10-11H2,1-2,4-5H3,(H,23,24). The zero-order valence-electron chi connectivity index (χ0n) is 15.9. The lowest BCUT2D eigenvalue weighted by Gasteiger charge is -2.09. The topological polar surface area (TPSA) is 69.6 Å². The summed E-state index contributed by atoms with van der Waals surface area (Å²) in [4.78, 5) is 11.7. The van der Waals surface area contributed by atoms with Gasteiger partial charge in [0.05, 0.1) is 0 Å². The minimum absolute atomic E-state index is 0.0513. The highest BCUT2D eigenvalue weighted by Gasteiger charge is 2.09. The van der Waals surface area contributed by atoms with E-state index in [0.29, 0.717) is 34.4 Å². The van der Waals surface area contributed by atoms with Crippen LogP contribution < -0.4 is 15.8 Å². The molecule has 4 heteroatoms. The average molecular weight is 353 g/mol. The van der Waals surface area contributed by atoms with E-state index < -0.39 is 0 Å². The molecule has 2 rings (SSSR count). The van der Waals surface area contributed by atoms with Gasteiger partial charge in [-0.05, 0) is 51.3 Å². The van der Waals surface area contributed by atoms with Gasteiger partial charge in [-0.15, -0.1) is 0 Å². The van der Waals surface area contributed by atoms with E-state index >= 15 is 0 Å². The Morgan fingerprint density at radius 3 is 2.31 bits per heavy atom. The average Bonchev–Trinajstić information content (AvgIpc) is 2.60. The number of aryl methyl sites for hydroxylation is 1. The summed E-state index contributed by atoms with van der Waals surface area (Å²) < 4.78 is 0. The molecule has 3 N–H and O–H groups in total. The molecule has 0 fully saturated rings. The first kappa shape index (κ1) is 19.6. The number of hydrogen-bond donors (Lipinski definition) is 3. The van der Waals surface area contributed by atoms with Crippen LogP contribution in [0.4, 0.5) is 0 Å². The van der Waals surface area contributed by atoms with Gasteiger partial charge in [0, 0.05) is 34.0 Å². The second-order valence-corrected chi connectivity index (χ2v) is 6.95. The summed E-state index contributed by atoms with van der Waals surface area (Å²) in [7, 11) is 0. The molecule has 0 aliphatic heterocycles. The maximum atomic E-state index is 11.7. The maximum absolute atomic E-state index is 11.7. The largest absolute Gasteiger partial charge is 0.507 e. The van der Waals surface area contributed by atoms with Crippen molar-refractivity contribution < 1.29 is 15.0 Å². The highest BCUT2D eigenvalue weighted by Crippen LogP contribution is 2.16. The first-order valence-electron chi connectivity index (χ1n) is 8.80. The number of aromatic hydroxyl groups is 2. The number of amides is 1. The van der Waals surface area contributed by atoms with Crippen molar-refractivity contribution in [2.24, 2.45) is 0 Å². The summed E-state index contributed by atoms with van der Waals surface area (Å²) in [5.74, 6) is 0.300. The molecule has 0 spiro atoms. The number of phenolic OH excluding ortho intramolecular Hbond substituents is 2. The lowest BCUT2D eigenvalue weighted by molar-refractivity contribution is -0.121. The first-order valence-corrected chi connectivity index (χ1v) is 8.80. The van der Waals surface area contributed by atoms with Crippen LogP contribution in [-0.4, -0.2) is 22.2 Å². The smallest absolute Gasteiger partial charge is 0.220 e. The number of phenols is 2. The Bertz CT molecular complexity index is 877. The molecule has 0 heterocycles. The first-order chi connectivity index (χ1) is 12.2. The molecule has 0 aromatic heterocycles. The Morgan fingerprint density at radius 2 is 1.73 bits per heavy atom. The van der Waals surface area contributed by atoms with Gasteiger partial charge in [-0.2, -0.15) is 0 Å². The predicted octanol–water partition coefficient (Wildman–Crippen LogP) is 2.41. The lowest BCUT2D eigenvalue weighted by Crippen LogP contribution is -2.30. The van der Waals surface area contributed by atoms with Crippen molar-refractivity contribution >= 4 is 18.6 Å². The number of benzene rings is 2. The quantitative estimate of drug-likeness (QED) is 0.723. The Morgan fingerprint density at radius 1 is 1.12 bits per heavy atom. The molecule has 0 bridgehead atoms. The van der Waals surface area contributed by atoms with Gasteiger partial charge in [0.15, 0.2) is 0 Å². The second-order valence-electron chi connectivity index (χ2n) is 6.95. The monoisotopic (exact) mass is 353 g/mol. The van der Waals surface area contributed by atoms with Gasteiger partial charge in [0.2, 0.25) is 5.91 Å². The summed E-state index contributed by atoms with van der Waals surface area (Å²) in [5, 5.41) is 24.5. The van der Waals surface area contributed by atoms with Gasteiger partial charge < -0.3 is 15.5 Å². The molecule has 0 unspecified atom stereocenters. The lowest BCUT2D eigenvalue weighted by atomic mass is 10.0. The Balaban J connectivity index is 2.24. The number of carbonyl (C=O) groups is 1. The van der Waals surface area contributed by atoms with Gasteiger partial charge in [0.25, 0.3) is 0 Å². The highest BCUT2D eigenvalue weighted by atomic mass is 16.3. The fourth-order valence-electron chi connectivity index (χ4n) is 2.83. The fourth-order valence-corrected chi connectivity index (χ4v) is 2.83. The van der Waals surface area contributed by atoms with Crippen LogP contribution >= 0.6 is 0 Å². The second kappa shape index (κ2) is 8.09. The Hall–Kier alpha value is -2.75. The summed E-state index contributed by atoms with van der Waals surface area (Å²) in [5.41, 5.74) is 3.17. The van der Waals surface area contributed by atoms with Crippen LogP contribution in [-0.2, 0) is 11.2 Å². The maximum Gasteiger partial charge on any atom is 0.220 e. The van der Waals surface area contributed by atoms with E-state index in [1.165, 1.54) is 0 Å². The third kappa shape index (κ3) is 4.45. The molecule has 2 aromatic rings. The molecule has 26 heavy (non-hydrogen) atoms. The Labute approximate surface area is 154 Å². The van der Waals surface area contributed by atoms with Crippen LogP contribution in [0.1, 0.15) is 42.5 Å². The zero-order valence-corrected chi connectivity index (χ0v) is 15.9. The molecule has 1 amide bonds. The van der Waals surface area contributed by atoms with Crippen molar-refractivity contribution in [3.05, 3.63) is 57.0 Å². The minimum Gasteiger partial charge on any atom is -0.507 e. The van der Waals surface area contributed by atoms with Crippen LogP contribution in [0, 0.1) is 13.8 Å². The summed E-state index contributed by atoms with van der Waals surface area (Å²) in [6, 6.07) is 7.99. The van der Waals surface area contributed by atoms with E-state index in [1.807, 2.05) is 44.2 Å². The van der Waals surface area contributed by atoms with E-state index in [4.69, 9.17) is 0 Å². The van der Waals surface area contributed by atoms with Crippen LogP contribution in [0.5, 0.6) is 11.5 Å². The van der Waals surface area contributed by atoms with Crippen LogP contribution in [0.15, 0.2) is 24.3 Å². The number of carbonyl (C=O) groups excluding carboxylic acids is 1. The third-order valence-electron chi connectivity index (χ3n) is 4.49. The van der Waals surface area contributed by atoms with Crippen molar-refractivity contribution in [3.63, 3.8) is 0 Å². The van der Waals surface area contributed by atoms with Crippen LogP contribution in [0.2, 0.25) is 0 Å². The molecule has 0 atom stereocenters. The summed E-state index contributed by atoms with van der Waals surface area (Å²) in [6.07, 6.45) is 2.98. The van der Waals surface area contributed by atoms with E-state index in [1.54, 1.807) is 13.8 Å². The van der Waals surface area contributed by atoms with Crippen molar-refractivity contribution in [2.45, 2.75) is 46.6 Å². The molecular formula is C22H27NO3. The fraction of sp³-hybridized carbons (Fsp3) is 0.318. The van der Waals surface area contributed by atoms with Crippen molar-refractivity contribution in [1.82, 2.24) is 5.32 Å². The van der Waals surface area contributed by atoms with Gasteiger partial charge >= 0.3 is 0 Å². The third-order valence-corrected chi connectivity index (χ3v) is 4.49. The van der Waals surface area contributed by atoms with Crippen LogP contribution in [0.25, 0.3) is 12.7 Å². The summed E-state index contributed by atoms with van der Waals surface area (Å²) >= 11 is 0. The van der Waals surface area contributed by atoms with Gasteiger partial charge in [-0.3, -0.25) is 4.79 Å². The van der Waals surface area contributed by atoms with Gasteiger partial charge in [-0.25, -0.2) is 0 Å². The van der Waals surface area contributed by atoms with E-state index in [2.05, 4.69) is 11.9 Å². The predicted molar refractivity (Wildman–Crippen MR) is 106 cm³/mol. The normalized spacial score (nSPS) is 11.8. The molecular weight excluding hydrogens is 326 g/mol. The Kier molecular flexibility index (Phi) is 6.09. The number of rotatable bonds is 5. The van der Waals surface area contributed by atoms with Crippen molar-refractivity contribution in [2.75, 3.05) is 0 Å². The summed E-state index contributed by atoms with van der Waals surface area (Å²) in [6.45, 7) is 11.2. The van der Waals surface area contributed by atoms with Gasteiger partial charge in [-0.1, -0.05) is 30.8 Å². The minimum atomic E-state index is 0.0513. The van der Waals surface area contributed by atoms with Crippen LogP contribution in [0.3, 0.4) is 0 Å². The molecule has 0 aliphatic carbocycles. The molecule has 0 saturated heterocycles. The molecule has 138 valence electrons. The molecule has 4 nitrogen and oxygen atoms in total. The van der Waals surface area contributed by atoms with Gasteiger partial charge in [0.1, 0.15) is 11.5 Å². The SMILES string of the molecule is C=c1c(C)c(O)c(=Cc2ccc(CCC(=O)NC(C)C)cc2)c(C)c1O. The molecule has 2 aromatic carbocycles.